The van der Waals surface area contributed by atoms with E-state index in [1.807, 2.05) is 4.90 Å². The van der Waals surface area contributed by atoms with Gasteiger partial charge in [0.1, 0.15) is 18.0 Å². The number of aromatic nitrogens is 1. The molecule has 2 fully saturated rings. The lowest BCUT2D eigenvalue weighted by Gasteiger charge is -2.42. The smallest absolute Gasteiger partial charge is 0.341 e. The minimum atomic E-state index is -0.500. The van der Waals surface area contributed by atoms with Gasteiger partial charge in [0.25, 0.3) is 0 Å². The molecule has 0 aliphatic carbocycles. The molecule has 4 rings (SSSR count). The van der Waals surface area contributed by atoms with Crippen LogP contribution in [0.5, 0.6) is 0 Å². The summed E-state index contributed by atoms with van der Waals surface area (Å²) in [6.07, 6.45) is 2.11. The second-order valence-corrected chi connectivity index (χ2v) is 7.12. The van der Waals surface area contributed by atoms with Gasteiger partial charge in [-0.1, -0.05) is 0 Å². The molecule has 0 saturated carbocycles. The quantitative estimate of drug-likeness (QED) is 0.811. The number of fused-ring (bicyclic) bond motifs is 2. The first-order chi connectivity index (χ1) is 13.5. The number of halogens is 1. The zero-order valence-corrected chi connectivity index (χ0v) is 15.8. The van der Waals surface area contributed by atoms with E-state index in [-0.39, 0.29) is 31.3 Å². The lowest BCUT2D eigenvalue weighted by Crippen LogP contribution is -2.60. The van der Waals surface area contributed by atoms with Crippen LogP contribution >= 0.6 is 0 Å². The summed E-state index contributed by atoms with van der Waals surface area (Å²) >= 11 is 0. The Morgan fingerprint density at radius 2 is 2.29 bits per heavy atom. The van der Waals surface area contributed by atoms with Crippen molar-refractivity contribution >= 4 is 28.5 Å². The van der Waals surface area contributed by atoms with Crippen LogP contribution in [0.1, 0.15) is 29.3 Å². The number of nitrogens with one attached hydrogen (secondary N) is 1. The molecule has 1 N–H and O–H groups in total. The Labute approximate surface area is 161 Å². The number of piperidine rings is 1. The van der Waals surface area contributed by atoms with Gasteiger partial charge in [-0.05, 0) is 38.0 Å². The van der Waals surface area contributed by atoms with Crippen LogP contribution in [0.3, 0.4) is 0 Å². The molecule has 2 atom stereocenters. The second-order valence-electron chi connectivity index (χ2n) is 7.12. The maximum atomic E-state index is 14.2. The summed E-state index contributed by atoms with van der Waals surface area (Å²) in [4.78, 5) is 30.7. The van der Waals surface area contributed by atoms with Crippen LogP contribution in [0.4, 0.5) is 10.1 Å². The Bertz CT molecular complexity index is 949. The zero-order valence-electron chi connectivity index (χ0n) is 15.8. The Kier molecular flexibility index (Phi) is 4.89. The van der Waals surface area contributed by atoms with Gasteiger partial charge in [-0.3, -0.25) is 9.78 Å². The number of morpholine rings is 1. The number of nitrogens with zero attached hydrogens (tertiary/aromatic N) is 2. The van der Waals surface area contributed by atoms with Crippen molar-refractivity contribution in [3.05, 3.63) is 35.3 Å². The number of hydrogen-bond donors (Lipinski definition) is 1. The predicted octanol–water partition coefficient (Wildman–Crippen LogP) is 1.95. The molecule has 2 aliphatic heterocycles. The molecule has 28 heavy (non-hydrogen) atoms. The first-order valence-electron chi connectivity index (χ1n) is 9.39. The van der Waals surface area contributed by atoms with E-state index < -0.39 is 11.8 Å². The summed E-state index contributed by atoms with van der Waals surface area (Å²) in [6, 6.07) is 2.63. The van der Waals surface area contributed by atoms with E-state index in [4.69, 9.17) is 9.47 Å². The fourth-order valence-corrected chi connectivity index (χ4v) is 4.02. The lowest BCUT2D eigenvalue weighted by atomic mass is 9.97. The Morgan fingerprint density at radius 1 is 1.46 bits per heavy atom. The van der Waals surface area contributed by atoms with Crippen molar-refractivity contribution in [1.29, 1.82) is 0 Å². The van der Waals surface area contributed by atoms with Crippen molar-refractivity contribution < 1.29 is 23.5 Å². The molecule has 2 aliphatic rings. The lowest BCUT2D eigenvalue weighted by molar-refractivity contribution is -0.137. The van der Waals surface area contributed by atoms with Gasteiger partial charge >= 0.3 is 5.97 Å². The summed E-state index contributed by atoms with van der Waals surface area (Å²) < 4.78 is 25.0. The molecule has 7 nitrogen and oxygen atoms in total. The van der Waals surface area contributed by atoms with E-state index in [0.717, 1.165) is 0 Å². The minimum Gasteiger partial charge on any atom is -0.462 e. The fourth-order valence-electron chi connectivity index (χ4n) is 4.02. The van der Waals surface area contributed by atoms with Gasteiger partial charge in [0.2, 0.25) is 5.91 Å². The third kappa shape index (κ3) is 3.28. The number of benzene rings is 1. The summed E-state index contributed by atoms with van der Waals surface area (Å²) in [5, 5.41) is 3.51. The van der Waals surface area contributed by atoms with Crippen molar-refractivity contribution in [2.75, 3.05) is 31.2 Å². The largest absolute Gasteiger partial charge is 0.462 e. The average Bonchev–Trinajstić information content (AvgIpc) is 2.66. The number of esters is 1. The number of ether oxygens (including phenoxy) is 2. The van der Waals surface area contributed by atoms with Gasteiger partial charge in [0.15, 0.2) is 0 Å². The number of hydrogen-bond acceptors (Lipinski definition) is 6. The van der Waals surface area contributed by atoms with Crippen molar-refractivity contribution in [2.45, 2.75) is 32.4 Å². The Morgan fingerprint density at radius 3 is 3.07 bits per heavy atom. The first kappa shape index (κ1) is 18.6. The Hall–Kier alpha value is -2.74. The van der Waals surface area contributed by atoms with Crippen LogP contribution in [0.2, 0.25) is 0 Å². The molecule has 2 unspecified atom stereocenters. The van der Waals surface area contributed by atoms with Crippen LogP contribution in [0.25, 0.3) is 10.9 Å². The van der Waals surface area contributed by atoms with E-state index in [2.05, 4.69) is 10.3 Å². The minimum absolute atomic E-state index is 0.0634. The van der Waals surface area contributed by atoms with Crippen LogP contribution in [-0.4, -0.2) is 55.3 Å². The molecule has 3 heterocycles. The van der Waals surface area contributed by atoms with Gasteiger partial charge in [-0.15, -0.1) is 0 Å². The normalized spacial score (nSPS) is 22.0. The first-order valence-corrected chi connectivity index (χ1v) is 9.39. The molecule has 0 spiro atoms. The maximum Gasteiger partial charge on any atom is 0.341 e. The van der Waals surface area contributed by atoms with Gasteiger partial charge in [0, 0.05) is 24.7 Å². The molecule has 2 aromatic rings. The topological polar surface area (TPSA) is 80.8 Å². The molecule has 0 bridgehead atoms. The molecule has 1 aromatic heterocycles. The molecular formula is C20H22FN3O4. The number of carbonyl (C=O) groups excluding carboxylic acids is 2. The van der Waals surface area contributed by atoms with E-state index in [1.165, 1.54) is 18.3 Å². The van der Waals surface area contributed by atoms with Crippen LogP contribution in [0.15, 0.2) is 18.3 Å². The number of pyridine rings is 1. The SMILES string of the molecule is CCOC(=O)c1cnc2c(C)cc(F)cc2c1N1CCC2OCC(=O)NC2C1. The zero-order chi connectivity index (χ0) is 19.8. The second kappa shape index (κ2) is 7.35. The molecule has 1 aromatic carbocycles. The fraction of sp³-hybridized carbons (Fsp3) is 0.450. The van der Waals surface area contributed by atoms with Crippen LogP contribution < -0.4 is 10.2 Å². The number of amides is 1. The molecule has 148 valence electrons. The summed E-state index contributed by atoms with van der Waals surface area (Å²) in [5.41, 5.74) is 2.21. The predicted molar refractivity (Wildman–Crippen MR) is 101 cm³/mol. The van der Waals surface area contributed by atoms with E-state index in [9.17, 15) is 14.0 Å². The molecule has 0 radical (unpaired) electrons. The molecule has 1 amide bonds. The third-order valence-electron chi connectivity index (χ3n) is 5.23. The average molecular weight is 387 g/mol. The van der Waals surface area contributed by atoms with Gasteiger partial charge < -0.3 is 19.7 Å². The number of anilines is 1. The highest BCUT2D eigenvalue weighted by molar-refractivity contribution is 6.06. The number of rotatable bonds is 3. The third-order valence-corrected chi connectivity index (χ3v) is 5.23. The highest BCUT2D eigenvalue weighted by Crippen LogP contribution is 2.34. The summed E-state index contributed by atoms with van der Waals surface area (Å²) in [6.45, 7) is 4.88. The summed E-state index contributed by atoms with van der Waals surface area (Å²) in [7, 11) is 0. The van der Waals surface area contributed by atoms with Crippen molar-refractivity contribution in [1.82, 2.24) is 10.3 Å². The van der Waals surface area contributed by atoms with Crippen LogP contribution in [0, 0.1) is 12.7 Å². The standard InChI is InChI=1S/C20H22FN3O4/c1-3-27-20(26)14-8-22-18-11(2)6-12(21)7-13(18)19(14)24-5-4-16-15(9-24)23-17(25)10-28-16/h6-8,15-16H,3-5,9-10H2,1-2H3,(H,23,25). The summed E-state index contributed by atoms with van der Waals surface area (Å²) in [5.74, 6) is -1.05. The highest BCUT2D eigenvalue weighted by atomic mass is 19.1. The molecular weight excluding hydrogens is 365 g/mol. The van der Waals surface area contributed by atoms with E-state index in [1.54, 1.807) is 13.8 Å². The number of aryl methyl sites for hydroxylation is 1. The molecule has 2 saturated heterocycles. The van der Waals surface area contributed by atoms with Crippen LogP contribution in [-0.2, 0) is 14.3 Å². The van der Waals surface area contributed by atoms with Gasteiger partial charge in [-0.25, -0.2) is 9.18 Å². The monoisotopic (exact) mass is 387 g/mol. The van der Waals surface area contributed by atoms with Crippen molar-refractivity contribution in [3.8, 4) is 0 Å². The Balaban J connectivity index is 1.82. The van der Waals surface area contributed by atoms with E-state index >= 15 is 0 Å². The van der Waals surface area contributed by atoms with Crippen molar-refractivity contribution in [3.63, 3.8) is 0 Å². The molecule has 8 heteroatoms. The maximum absolute atomic E-state index is 14.2. The highest BCUT2D eigenvalue weighted by Gasteiger charge is 2.36. The van der Waals surface area contributed by atoms with Gasteiger partial charge in [-0.2, -0.15) is 0 Å². The van der Waals surface area contributed by atoms with Gasteiger partial charge in [0.05, 0.1) is 30.0 Å². The van der Waals surface area contributed by atoms with E-state index in [0.29, 0.717) is 47.2 Å². The van der Waals surface area contributed by atoms with Crippen molar-refractivity contribution in [2.24, 2.45) is 0 Å². The number of carbonyl (C=O) groups is 2.